The predicted molar refractivity (Wildman–Crippen MR) is 70.7 cm³/mol. The molecule has 1 unspecified atom stereocenters. The van der Waals surface area contributed by atoms with Crippen LogP contribution in [0.25, 0.3) is 0 Å². The lowest BCUT2D eigenvalue weighted by Gasteiger charge is -2.38. The number of rotatable bonds is 4. The average Bonchev–Trinajstić information content (AvgIpc) is 2.20. The van der Waals surface area contributed by atoms with Gasteiger partial charge in [0, 0.05) is 13.1 Å². The number of likely N-dealkylation sites (tertiary alicyclic amines) is 1. The summed E-state index contributed by atoms with van der Waals surface area (Å²) in [5.74, 6) is -0.155. The highest BCUT2D eigenvalue weighted by Crippen LogP contribution is 2.13. The van der Waals surface area contributed by atoms with E-state index < -0.39 is 23.8 Å². The van der Waals surface area contributed by atoms with Gasteiger partial charge in [-0.25, -0.2) is 4.79 Å². The monoisotopic (exact) mass is 272 g/mol. The van der Waals surface area contributed by atoms with Crippen LogP contribution in [0.5, 0.6) is 0 Å². The van der Waals surface area contributed by atoms with E-state index in [0.717, 1.165) is 6.42 Å². The van der Waals surface area contributed by atoms with Crippen molar-refractivity contribution in [2.24, 2.45) is 0 Å². The first-order chi connectivity index (χ1) is 8.73. The number of nitrogens with one attached hydrogen (secondary N) is 1. The molecular weight excluding hydrogens is 248 g/mol. The fourth-order valence-corrected chi connectivity index (χ4v) is 1.85. The molecule has 1 aliphatic heterocycles. The number of aliphatic hydroxyl groups is 1. The van der Waals surface area contributed by atoms with Crippen LogP contribution < -0.4 is 5.32 Å². The van der Waals surface area contributed by atoms with Crippen LogP contribution in [0.2, 0.25) is 0 Å². The molecule has 0 spiro atoms. The van der Waals surface area contributed by atoms with Crippen molar-refractivity contribution in [3.63, 3.8) is 0 Å². The van der Waals surface area contributed by atoms with Crippen molar-refractivity contribution in [2.45, 2.75) is 58.3 Å². The van der Waals surface area contributed by atoms with E-state index in [9.17, 15) is 14.7 Å². The number of carbonyl (C=O) groups is 2. The molecule has 0 aromatic rings. The second kappa shape index (κ2) is 6.23. The molecule has 0 bridgehead atoms. The molecule has 1 saturated heterocycles. The third-order valence-electron chi connectivity index (χ3n) is 2.74. The van der Waals surface area contributed by atoms with Crippen LogP contribution >= 0.6 is 0 Å². The fraction of sp³-hybridized carbons (Fsp3) is 0.846. The summed E-state index contributed by atoms with van der Waals surface area (Å²) < 4.78 is 5.15. The number of carbonyl (C=O) groups excluding carboxylic acids is 2. The van der Waals surface area contributed by atoms with Crippen LogP contribution in [-0.2, 0) is 9.53 Å². The third kappa shape index (κ3) is 5.06. The highest BCUT2D eigenvalue weighted by atomic mass is 16.6. The van der Waals surface area contributed by atoms with E-state index >= 15 is 0 Å². The minimum Gasteiger partial charge on any atom is -0.444 e. The molecule has 1 heterocycles. The Bertz CT molecular complexity index is 332. The van der Waals surface area contributed by atoms with Gasteiger partial charge in [0.2, 0.25) is 5.91 Å². The summed E-state index contributed by atoms with van der Waals surface area (Å²) in [6.07, 6.45) is 0.320. The average molecular weight is 272 g/mol. The van der Waals surface area contributed by atoms with Crippen molar-refractivity contribution in [1.82, 2.24) is 10.2 Å². The standard InChI is InChI=1S/C13H24N2O4/c1-5-6-10(11(17)15-7-9(16)8-15)14-12(18)19-13(2,3)4/h9-10,16H,5-8H2,1-4H3,(H,14,18). The molecular formula is C13H24N2O4. The van der Waals surface area contributed by atoms with Crippen molar-refractivity contribution in [1.29, 1.82) is 0 Å². The first-order valence-corrected chi connectivity index (χ1v) is 6.69. The molecule has 0 aromatic carbocycles. The van der Waals surface area contributed by atoms with Crippen LogP contribution in [0.3, 0.4) is 0 Å². The first kappa shape index (κ1) is 15.8. The van der Waals surface area contributed by atoms with Crippen molar-refractivity contribution < 1.29 is 19.4 Å². The Morgan fingerprint density at radius 2 is 2.00 bits per heavy atom. The maximum absolute atomic E-state index is 12.1. The number of hydrogen-bond acceptors (Lipinski definition) is 4. The summed E-state index contributed by atoms with van der Waals surface area (Å²) in [4.78, 5) is 25.3. The quantitative estimate of drug-likeness (QED) is 0.796. The number of aliphatic hydroxyl groups excluding tert-OH is 1. The first-order valence-electron chi connectivity index (χ1n) is 6.69. The zero-order valence-corrected chi connectivity index (χ0v) is 12.1. The van der Waals surface area contributed by atoms with Crippen molar-refractivity contribution >= 4 is 12.0 Å². The van der Waals surface area contributed by atoms with Gasteiger partial charge in [-0.05, 0) is 27.2 Å². The van der Waals surface area contributed by atoms with Crippen LogP contribution in [0.4, 0.5) is 4.79 Å². The van der Waals surface area contributed by atoms with E-state index in [1.165, 1.54) is 0 Å². The van der Waals surface area contributed by atoms with E-state index in [4.69, 9.17) is 4.74 Å². The van der Waals surface area contributed by atoms with E-state index in [1.54, 1.807) is 25.7 Å². The SMILES string of the molecule is CCCC(NC(=O)OC(C)(C)C)C(=O)N1CC(O)C1. The lowest BCUT2D eigenvalue weighted by molar-refractivity contribution is -0.143. The maximum atomic E-state index is 12.1. The third-order valence-corrected chi connectivity index (χ3v) is 2.74. The number of β-amino-alcohol motifs (C(OH)–C–C–N with tert-alkyl or cyclic N) is 1. The van der Waals surface area contributed by atoms with Gasteiger partial charge in [-0.2, -0.15) is 0 Å². The van der Waals surface area contributed by atoms with E-state index in [-0.39, 0.29) is 5.91 Å². The summed E-state index contributed by atoms with van der Waals surface area (Å²) in [6.45, 7) is 7.95. The lowest BCUT2D eigenvalue weighted by Crippen LogP contribution is -2.59. The number of amides is 2. The zero-order valence-electron chi connectivity index (χ0n) is 12.1. The summed E-state index contributed by atoms with van der Waals surface area (Å²) in [5, 5.41) is 11.8. The predicted octanol–water partition coefficient (Wildman–Crippen LogP) is 0.883. The molecule has 2 amide bonds. The molecule has 6 heteroatoms. The molecule has 1 aliphatic rings. The summed E-state index contributed by atoms with van der Waals surface area (Å²) >= 11 is 0. The van der Waals surface area contributed by atoms with Crippen molar-refractivity contribution in [3.05, 3.63) is 0 Å². The summed E-state index contributed by atoms with van der Waals surface area (Å²) in [5.41, 5.74) is -0.586. The second-order valence-electron chi connectivity index (χ2n) is 5.88. The van der Waals surface area contributed by atoms with Crippen LogP contribution in [0, 0.1) is 0 Å². The van der Waals surface area contributed by atoms with E-state index in [0.29, 0.717) is 19.5 Å². The van der Waals surface area contributed by atoms with Gasteiger partial charge < -0.3 is 20.1 Å². The fourth-order valence-electron chi connectivity index (χ4n) is 1.85. The normalized spacial score (nSPS) is 17.6. The van der Waals surface area contributed by atoms with Crippen LogP contribution in [-0.4, -0.2) is 52.8 Å². The van der Waals surface area contributed by atoms with Gasteiger partial charge in [0.05, 0.1) is 6.10 Å². The molecule has 1 fully saturated rings. The Morgan fingerprint density at radius 3 is 2.42 bits per heavy atom. The van der Waals surface area contributed by atoms with Gasteiger partial charge in [-0.1, -0.05) is 13.3 Å². The molecule has 2 N–H and O–H groups in total. The van der Waals surface area contributed by atoms with Gasteiger partial charge in [0.25, 0.3) is 0 Å². The van der Waals surface area contributed by atoms with Gasteiger partial charge in [-0.15, -0.1) is 0 Å². The number of hydrogen-bond donors (Lipinski definition) is 2. The van der Waals surface area contributed by atoms with Gasteiger partial charge in [-0.3, -0.25) is 4.79 Å². The Morgan fingerprint density at radius 1 is 1.42 bits per heavy atom. The number of alkyl carbamates (subject to hydrolysis) is 1. The number of nitrogens with zero attached hydrogens (tertiary/aromatic N) is 1. The lowest BCUT2D eigenvalue weighted by atomic mass is 10.1. The summed E-state index contributed by atoms with van der Waals surface area (Å²) in [6, 6.07) is -0.577. The topological polar surface area (TPSA) is 78.9 Å². The minimum absolute atomic E-state index is 0.155. The molecule has 110 valence electrons. The van der Waals surface area contributed by atoms with Crippen molar-refractivity contribution in [3.8, 4) is 0 Å². The van der Waals surface area contributed by atoms with E-state index in [1.807, 2.05) is 6.92 Å². The van der Waals surface area contributed by atoms with Crippen LogP contribution in [0.15, 0.2) is 0 Å². The minimum atomic E-state index is -0.586. The Balaban J connectivity index is 2.52. The molecule has 0 radical (unpaired) electrons. The molecule has 1 atom stereocenters. The largest absolute Gasteiger partial charge is 0.444 e. The summed E-state index contributed by atoms with van der Waals surface area (Å²) in [7, 11) is 0. The second-order valence-corrected chi connectivity index (χ2v) is 5.88. The van der Waals surface area contributed by atoms with Crippen LogP contribution in [0.1, 0.15) is 40.5 Å². The Labute approximate surface area is 114 Å². The van der Waals surface area contributed by atoms with Gasteiger partial charge >= 0.3 is 6.09 Å². The number of ether oxygens (including phenoxy) is 1. The smallest absolute Gasteiger partial charge is 0.408 e. The molecule has 6 nitrogen and oxygen atoms in total. The highest BCUT2D eigenvalue weighted by Gasteiger charge is 2.34. The maximum Gasteiger partial charge on any atom is 0.408 e. The molecule has 0 aromatic heterocycles. The highest BCUT2D eigenvalue weighted by molar-refractivity contribution is 5.86. The molecule has 0 saturated carbocycles. The Kier molecular flexibility index (Phi) is 5.17. The van der Waals surface area contributed by atoms with Gasteiger partial charge in [0.15, 0.2) is 0 Å². The molecule has 19 heavy (non-hydrogen) atoms. The van der Waals surface area contributed by atoms with Crippen molar-refractivity contribution in [2.75, 3.05) is 13.1 Å². The molecule has 0 aliphatic carbocycles. The Hall–Kier alpha value is -1.30. The van der Waals surface area contributed by atoms with E-state index in [2.05, 4.69) is 5.32 Å². The zero-order chi connectivity index (χ0) is 14.6. The molecule has 1 rings (SSSR count). The van der Waals surface area contributed by atoms with Gasteiger partial charge in [0.1, 0.15) is 11.6 Å².